The summed E-state index contributed by atoms with van der Waals surface area (Å²) in [5.41, 5.74) is 1.89. The van der Waals surface area contributed by atoms with Gasteiger partial charge in [0.25, 0.3) is 0 Å². The number of hydrogen-bond donors (Lipinski definition) is 1. The summed E-state index contributed by atoms with van der Waals surface area (Å²) >= 11 is 1.53. The lowest BCUT2D eigenvalue weighted by atomic mass is 10.1. The minimum Gasteiger partial charge on any atom is -0.391 e. The molecular formula is C14H16N2O2S2. The molecule has 0 saturated carbocycles. The smallest absolute Gasteiger partial charge is 0.186 e. The molecule has 0 spiro atoms. The second kappa shape index (κ2) is 6.03. The van der Waals surface area contributed by atoms with E-state index in [0.29, 0.717) is 11.5 Å². The predicted molar refractivity (Wildman–Crippen MR) is 83.6 cm³/mol. The molecule has 0 amide bonds. The van der Waals surface area contributed by atoms with Crippen LogP contribution in [-0.4, -0.2) is 38.9 Å². The molecule has 0 aliphatic carbocycles. The Bertz CT molecular complexity index is 603. The van der Waals surface area contributed by atoms with Crippen LogP contribution in [-0.2, 0) is 17.4 Å². The Morgan fingerprint density at radius 3 is 2.60 bits per heavy atom. The molecule has 1 aliphatic rings. The zero-order valence-electron chi connectivity index (χ0n) is 11.0. The standard InChI is InChI=1S/C14H16N2O2S2/c17-10-12-13(11-4-2-1-3-5-11)15-14(19-12)16-6-8-20(18)9-7-16/h1-5,17H,6-10H2. The highest BCUT2D eigenvalue weighted by Gasteiger charge is 2.20. The molecule has 0 radical (unpaired) electrons. The lowest BCUT2D eigenvalue weighted by Crippen LogP contribution is -2.37. The fraction of sp³-hybridized carbons (Fsp3) is 0.357. The van der Waals surface area contributed by atoms with Crippen LogP contribution in [0.4, 0.5) is 5.13 Å². The van der Waals surface area contributed by atoms with E-state index in [1.807, 2.05) is 30.3 Å². The largest absolute Gasteiger partial charge is 0.391 e. The Labute approximate surface area is 124 Å². The Morgan fingerprint density at radius 2 is 1.95 bits per heavy atom. The molecular weight excluding hydrogens is 292 g/mol. The Balaban J connectivity index is 1.91. The number of nitrogens with zero attached hydrogens (tertiary/aromatic N) is 2. The molecule has 1 aromatic carbocycles. The van der Waals surface area contributed by atoms with Gasteiger partial charge in [-0.15, -0.1) is 0 Å². The first-order chi connectivity index (χ1) is 9.78. The fourth-order valence-corrected chi connectivity index (χ4v) is 4.28. The third-order valence-corrected chi connectivity index (χ3v) is 5.70. The quantitative estimate of drug-likeness (QED) is 0.940. The molecule has 6 heteroatoms. The maximum atomic E-state index is 11.4. The normalized spacial score (nSPS) is 16.6. The third kappa shape index (κ3) is 2.77. The van der Waals surface area contributed by atoms with Crippen LogP contribution in [0.15, 0.2) is 30.3 Å². The highest BCUT2D eigenvalue weighted by molar-refractivity contribution is 7.85. The molecule has 4 nitrogen and oxygen atoms in total. The van der Waals surface area contributed by atoms with Crippen LogP contribution in [0, 0.1) is 0 Å². The SMILES string of the molecule is O=S1CCN(c2nc(-c3ccccc3)c(CO)s2)CC1. The van der Waals surface area contributed by atoms with Gasteiger partial charge in [0.2, 0.25) is 0 Å². The van der Waals surface area contributed by atoms with E-state index in [1.54, 1.807) is 0 Å². The van der Waals surface area contributed by atoms with E-state index in [1.165, 1.54) is 11.3 Å². The van der Waals surface area contributed by atoms with Crippen molar-refractivity contribution in [3.63, 3.8) is 0 Å². The van der Waals surface area contributed by atoms with E-state index in [9.17, 15) is 9.32 Å². The van der Waals surface area contributed by atoms with Crippen LogP contribution >= 0.6 is 11.3 Å². The van der Waals surface area contributed by atoms with Gasteiger partial charge in [0.15, 0.2) is 5.13 Å². The second-order valence-electron chi connectivity index (χ2n) is 4.63. The van der Waals surface area contributed by atoms with E-state index < -0.39 is 10.8 Å². The van der Waals surface area contributed by atoms with Gasteiger partial charge in [-0.3, -0.25) is 4.21 Å². The summed E-state index contributed by atoms with van der Waals surface area (Å²) in [4.78, 5) is 7.74. The number of aliphatic hydroxyl groups excluding tert-OH is 1. The van der Waals surface area contributed by atoms with Crippen molar-refractivity contribution in [2.45, 2.75) is 6.61 Å². The predicted octanol–water partition coefficient (Wildman–Crippen LogP) is 1.87. The summed E-state index contributed by atoms with van der Waals surface area (Å²) in [5.74, 6) is 1.41. The maximum absolute atomic E-state index is 11.4. The molecule has 1 aliphatic heterocycles. The zero-order valence-corrected chi connectivity index (χ0v) is 12.6. The van der Waals surface area contributed by atoms with Crippen LogP contribution in [0.25, 0.3) is 11.3 Å². The molecule has 106 valence electrons. The molecule has 1 N–H and O–H groups in total. The zero-order chi connectivity index (χ0) is 13.9. The average molecular weight is 308 g/mol. The molecule has 3 rings (SSSR count). The minimum absolute atomic E-state index is 0.00165. The Hall–Kier alpha value is -1.24. The van der Waals surface area contributed by atoms with Gasteiger partial charge < -0.3 is 10.0 Å². The Morgan fingerprint density at radius 1 is 1.25 bits per heavy atom. The summed E-state index contributed by atoms with van der Waals surface area (Å²) in [6.45, 7) is 1.56. The molecule has 20 heavy (non-hydrogen) atoms. The molecule has 1 saturated heterocycles. The minimum atomic E-state index is -0.685. The number of benzene rings is 1. The summed E-state index contributed by atoms with van der Waals surface area (Å²) in [5, 5.41) is 10.5. The van der Waals surface area contributed by atoms with Crippen LogP contribution in [0.2, 0.25) is 0 Å². The number of anilines is 1. The van der Waals surface area contributed by atoms with Crippen molar-refractivity contribution in [2.75, 3.05) is 29.5 Å². The number of aromatic nitrogens is 1. The van der Waals surface area contributed by atoms with E-state index in [2.05, 4.69) is 9.88 Å². The van der Waals surface area contributed by atoms with Crippen molar-refractivity contribution in [3.8, 4) is 11.3 Å². The van der Waals surface area contributed by atoms with Crippen molar-refractivity contribution < 1.29 is 9.32 Å². The summed E-state index contributed by atoms with van der Waals surface area (Å²) in [7, 11) is -0.685. The van der Waals surface area contributed by atoms with Crippen LogP contribution in [0.1, 0.15) is 4.88 Å². The van der Waals surface area contributed by atoms with Crippen LogP contribution in [0.5, 0.6) is 0 Å². The van der Waals surface area contributed by atoms with Gasteiger partial charge in [-0.25, -0.2) is 4.98 Å². The van der Waals surface area contributed by atoms with Crippen molar-refractivity contribution >= 4 is 27.3 Å². The number of aliphatic hydroxyl groups is 1. The van der Waals surface area contributed by atoms with E-state index in [-0.39, 0.29) is 6.61 Å². The Kier molecular flexibility index (Phi) is 4.14. The summed E-state index contributed by atoms with van der Waals surface area (Å²) < 4.78 is 11.4. The number of rotatable bonds is 3. The topological polar surface area (TPSA) is 53.4 Å². The maximum Gasteiger partial charge on any atom is 0.186 e. The van der Waals surface area contributed by atoms with Crippen molar-refractivity contribution in [1.82, 2.24) is 4.98 Å². The van der Waals surface area contributed by atoms with Gasteiger partial charge in [0.1, 0.15) is 0 Å². The average Bonchev–Trinajstić information content (AvgIpc) is 2.93. The molecule has 0 atom stereocenters. The van der Waals surface area contributed by atoms with Crippen molar-refractivity contribution in [3.05, 3.63) is 35.2 Å². The summed E-state index contributed by atoms with van der Waals surface area (Å²) in [6, 6.07) is 9.92. The lowest BCUT2D eigenvalue weighted by molar-refractivity contribution is 0.286. The van der Waals surface area contributed by atoms with Crippen LogP contribution < -0.4 is 4.90 Å². The first kappa shape index (κ1) is 13.7. The molecule has 1 aromatic heterocycles. The fourth-order valence-electron chi connectivity index (χ4n) is 2.23. The summed E-state index contributed by atoms with van der Waals surface area (Å²) in [6.07, 6.45) is 0. The molecule has 2 heterocycles. The van der Waals surface area contributed by atoms with Gasteiger partial charge in [-0.2, -0.15) is 0 Å². The molecule has 0 unspecified atom stereocenters. The third-order valence-electron chi connectivity index (χ3n) is 3.33. The van der Waals surface area contributed by atoms with Gasteiger partial charge in [-0.05, 0) is 0 Å². The van der Waals surface area contributed by atoms with E-state index >= 15 is 0 Å². The highest BCUT2D eigenvalue weighted by atomic mass is 32.2. The molecule has 1 fully saturated rings. The van der Waals surface area contributed by atoms with Gasteiger partial charge in [0, 0.05) is 41.0 Å². The van der Waals surface area contributed by atoms with E-state index in [4.69, 9.17) is 0 Å². The highest BCUT2D eigenvalue weighted by Crippen LogP contribution is 2.33. The monoisotopic (exact) mass is 308 g/mol. The van der Waals surface area contributed by atoms with Crippen LogP contribution in [0.3, 0.4) is 0 Å². The van der Waals surface area contributed by atoms with Crippen molar-refractivity contribution in [2.24, 2.45) is 0 Å². The van der Waals surface area contributed by atoms with Gasteiger partial charge in [0.05, 0.1) is 17.2 Å². The molecule has 0 bridgehead atoms. The second-order valence-corrected chi connectivity index (χ2v) is 7.39. The first-order valence-corrected chi connectivity index (χ1v) is 8.84. The van der Waals surface area contributed by atoms with Crippen molar-refractivity contribution in [1.29, 1.82) is 0 Å². The van der Waals surface area contributed by atoms with Gasteiger partial charge >= 0.3 is 0 Å². The number of hydrogen-bond acceptors (Lipinski definition) is 5. The van der Waals surface area contributed by atoms with E-state index in [0.717, 1.165) is 34.4 Å². The first-order valence-electron chi connectivity index (χ1n) is 6.54. The van der Waals surface area contributed by atoms with Gasteiger partial charge in [-0.1, -0.05) is 41.7 Å². The number of thiazole rings is 1. The molecule has 2 aromatic rings. The lowest BCUT2D eigenvalue weighted by Gasteiger charge is -2.25.